The quantitative estimate of drug-likeness (QED) is 0.798. The van der Waals surface area contributed by atoms with Gasteiger partial charge in [-0.25, -0.2) is 4.98 Å². The number of ether oxygens (including phenoxy) is 1. The molecule has 1 N–H and O–H groups in total. The minimum atomic E-state index is 0.633. The summed E-state index contributed by atoms with van der Waals surface area (Å²) in [5, 5.41) is 3.09. The lowest BCUT2D eigenvalue weighted by Crippen LogP contribution is -2.26. The van der Waals surface area contributed by atoms with E-state index in [1.165, 1.54) is 12.8 Å². The Morgan fingerprint density at radius 1 is 1.50 bits per heavy atom. The van der Waals surface area contributed by atoms with Gasteiger partial charge in [0.15, 0.2) is 0 Å². The number of nitrogens with one attached hydrogen (secondary N) is 1. The molecule has 0 atom stereocenters. The summed E-state index contributed by atoms with van der Waals surface area (Å²) in [6.07, 6.45) is 4.45. The monoisotopic (exact) mass is 250 g/mol. The van der Waals surface area contributed by atoms with Crippen LogP contribution in [0.4, 0.5) is 5.95 Å². The highest BCUT2D eigenvalue weighted by Gasteiger charge is 2.25. The van der Waals surface area contributed by atoms with Gasteiger partial charge in [0.1, 0.15) is 6.61 Å². The van der Waals surface area contributed by atoms with Gasteiger partial charge < -0.3 is 15.0 Å². The van der Waals surface area contributed by atoms with Crippen molar-refractivity contribution < 1.29 is 4.74 Å². The fourth-order valence-electron chi connectivity index (χ4n) is 1.80. The summed E-state index contributed by atoms with van der Waals surface area (Å²) in [5.41, 5.74) is 0.978. The highest BCUT2D eigenvalue weighted by atomic mass is 16.5. The molecule has 1 fully saturated rings. The minimum Gasteiger partial charge on any atom is -0.476 e. The van der Waals surface area contributed by atoms with Crippen LogP contribution in [0.2, 0.25) is 0 Å². The molecule has 18 heavy (non-hydrogen) atoms. The summed E-state index contributed by atoms with van der Waals surface area (Å²) in [5.74, 6) is 1.32. The third-order valence-electron chi connectivity index (χ3n) is 3.11. The second-order valence-electron chi connectivity index (χ2n) is 4.77. The summed E-state index contributed by atoms with van der Waals surface area (Å²) in [7, 11) is 2.15. The molecule has 5 nitrogen and oxygen atoms in total. The fourth-order valence-corrected chi connectivity index (χ4v) is 1.80. The molecule has 0 aromatic carbocycles. The summed E-state index contributed by atoms with van der Waals surface area (Å²) >= 11 is 0. The first-order valence-corrected chi connectivity index (χ1v) is 6.61. The largest absolute Gasteiger partial charge is 0.476 e. The number of nitrogens with zero attached hydrogens (tertiary/aromatic N) is 3. The van der Waals surface area contributed by atoms with Crippen LogP contribution in [0.1, 0.15) is 25.3 Å². The van der Waals surface area contributed by atoms with Crippen molar-refractivity contribution in [3.63, 3.8) is 0 Å². The van der Waals surface area contributed by atoms with Crippen LogP contribution in [0.25, 0.3) is 0 Å². The van der Waals surface area contributed by atoms with E-state index in [9.17, 15) is 0 Å². The van der Waals surface area contributed by atoms with E-state index >= 15 is 0 Å². The molecule has 2 rings (SSSR count). The van der Waals surface area contributed by atoms with Crippen molar-refractivity contribution >= 4 is 5.95 Å². The van der Waals surface area contributed by atoms with Crippen LogP contribution in [-0.4, -0.2) is 47.7 Å². The Kier molecular flexibility index (Phi) is 4.36. The van der Waals surface area contributed by atoms with Crippen LogP contribution in [-0.2, 0) is 0 Å². The Balaban J connectivity index is 1.84. The molecule has 0 aliphatic heterocycles. The van der Waals surface area contributed by atoms with Crippen LogP contribution in [0, 0.1) is 6.92 Å². The maximum absolute atomic E-state index is 5.74. The lowest BCUT2D eigenvalue weighted by Gasteiger charge is -2.16. The van der Waals surface area contributed by atoms with Crippen LogP contribution >= 0.6 is 0 Å². The average Bonchev–Trinajstić information content (AvgIpc) is 3.17. The molecule has 5 heteroatoms. The highest BCUT2D eigenvalue weighted by Crippen LogP contribution is 2.25. The van der Waals surface area contributed by atoms with E-state index < -0.39 is 0 Å². The smallest absolute Gasteiger partial charge is 0.225 e. The standard InChI is InChI=1S/C13H22N4O/c1-4-14-13-15-9-10(2)12(16-13)18-8-7-17(3)11-5-6-11/h9,11H,4-8H2,1-3H3,(H,14,15,16). The summed E-state index contributed by atoms with van der Waals surface area (Å²) in [6, 6.07) is 0.775. The van der Waals surface area contributed by atoms with E-state index in [-0.39, 0.29) is 0 Å². The van der Waals surface area contributed by atoms with Gasteiger partial charge in [0.25, 0.3) is 0 Å². The van der Waals surface area contributed by atoms with Gasteiger partial charge in [-0.3, -0.25) is 0 Å². The van der Waals surface area contributed by atoms with Crippen molar-refractivity contribution in [1.82, 2.24) is 14.9 Å². The first kappa shape index (κ1) is 13.1. The lowest BCUT2D eigenvalue weighted by atomic mass is 10.4. The van der Waals surface area contributed by atoms with Crippen LogP contribution in [0.5, 0.6) is 5.88 Å². The van der Waals surface area contributed by atoms with Gasteiger partial charge in [0.2, 0.25) is 11.8 Å². The van der Waals surface area contributed by atoms with Crippen LogP contribution in [0.15, 0.2) is 6.20 Å². The van der Waals surface area contributed by atoms with E-state index in [1.54, 1.807) is 6.20 Å². The maximum atomic E-state index is 5.74. The molecule has 0 bridgehead atoms. The molecule has 1 heterocycles. The molecule has 1 saturated carbocycles. The molecule has 0 saturated heterocycles. The predicted octanol–water partition coefficient (Wildman–Crippen LogP) is 1.69. The van der Waals surface area contributed by atoms with Gasteiger partial charge >= 0.3 is 0 Å². The Hall–Kier alpha value is -1.36. The lowest BCUT2D eigenvalue weighted by molar-refractivity contribution is 0.225. The first-order valence-electron chi connectivity index (χ1n) is 6.61. The van der Waals surface area contributed by atoms with E-state index in [1.807, 2.05) is 13.8 Å². The van der Waals surface area contributed by atoms with Gasteiger partial charge in [0.05, 0.1) is 0 Å². The molecule has 0 amide bonds. The molecule has 0 radical (unpaired) electrons. The Morgan fingerprint density at radius 3 is 2.94 bits per heavy atom. The molecule has 0 unspecified atom stereocenters. The third-order valence-corrected chi connectivity index (χ3v) is 3.11. The van der Waals surface area contributed by atoms with Gasteiger partial charge in [-0.05, 0) is 33.7 Å². The number of aromatic nitrogens is 2. The zero-order valence-electron chi connectivity index (χ0n) is 11.4. The topological polar surface area (TPSA) is 50.3 Å². The van der Waals surface area contributed by atoms with E-state index in [4.69, 9.17) is 4.74 Å². The van der Waals surface area contributed by atoms with Gasteiger partial charge in [-0.2, -0.15) is 4.98 Å². The van der Waals surface area contributed by atoms with Crippen molar-refractivity contribution in [3.8, 4) is 5.88 Å². The first-order chi connectivity index (χ1) is 8.70. The van der Waals surface area contributed by atoms with Crippen LogP contribution in [0.3, 0.4) is 0 Å². The highest BCUT2D eigenvalue weighted by molar-refractivity contribution is 5.32. The average molecular weight is 250 g/mol. The van der Waals surface area contributed by atoms with Crippen molar-refractivity contribution in [2.45, 2.75) is 32.7 Å². The molecule has 1 aliphatic rings. The molecule has 0 spiro atoms. The number of hydrogen-bond donors (Lipinski definition) is 1. The zero-order chi connectivity index (χ0) is 13.0. The Bertz CT molecular complexity index is 393. The Labute approximate surface area is 109 Å². The third kappa shape index (κ3) is 3.57. The summed E-state index contributed by atoms with van der Waals surface area (Å²) in [6.45, 7) is 6.43. The number of anilines is 1. The van der Waals surface area contributed by atoms with Crippen molar-refractivity contribution in [3.05, 3.63) is 11.8 Å². The second-order valence-corrected chi connectivity index (χ2v) is 4.77. The van der Waals surface area contributed by atoms with Crippen molar-refractivity contribution in [2.75, 3.05) is 32.1 Å². The second kappa shape index (κ2) is 6.00. The Morgan fingerprint density at radius 2 is 2.28 bits per heavy atom. The van der Waals surface area contributed by atoms with Crippen LogP contribution < -0.4 is 10.1 Å². The SMILES string of the molecule is CCNc1ncc(C)c(OCCN(C)C2CC2)n1. The molecule has 100 valence electrons. The fraction of sp³-hybridized carbons (Fsp3) is 0.692. The van der Waals surface area contributed by atoms with E-state index in [0.29, 0.717) is 18.4 Å². The normalized spacial score (nSPS) is 14.9. The number of likely N-dealkylation sites (N-methyl/N-ethyl adjacent to an activating group) is 1. The van der Waals surface area contributed by atoms with Crippen molar-refractivity contribution in [1.29, 1.82) is 0 Å². The van der Waals surface area contributed by atoms with E-state index in [2.05, 4.69) is 27.2 Å². The van der Waals surface area contributed by atoms with Gasteiger partial charge in [0, 0.05) is 30.9 Å². The summed E-state index contributed by atoms with van der Waals surface area (Å²) < 4.78 is 5.74. The summed E-state index contributed by atoms with van der Waals surface area (Å²) in [4.78, 5) is 10.9. The minimum absolute atomic E-state index is 0.633. The maximum Gasteiger partial charge on any atom is 0.225 e. The molecule has 1 aliphatic carbocycles. The molecule has 1 aromatic heterocycles. The molecule has 1 aromatic rings. The molecular formula is C13H22N4O. The number of aryl methyl sites for hydroxylation is 1. The van der Waals surface area contributed by atoms with Gasteiger partial charge in [-0.15, -0.1) is 0 Å². The number of rotatable bonds is 7. The molecular weight excluding hydrogens is 228 g/mol. The number of hydrogen-bond acceptors (Lipinski definition) is 5. The zero-order valence-corrected chi connectivity index (χ0v) is 11.4. The van der Waals surface area contributed by atoms with Gasteiger partial charge in [-0.1, -0.05) is 0 Å². The van der Waals surface area contributed by atoms with Crippen molar-refractivity contribution in [2.24, 2.45) is 0 Å². The predicted molar refractivity (Wildman–Crippen MR) is 72.1 cm³/mol. The van der Waals surface area contributed by atoms with E-state index in [0.717, 1.165) is 24.7 Å².